The van der Waals surface area contributed by atoms with Gasteiger partial charge in [0.25, 0.3) is 5.91 Å². The Bertz CT molecular complexity index is 508. The van der Waals surface area contributed by atoms with Crippen molar-refractivity contribution in [2.75, 3.05) is 0 Å². The van der Waals surface area contributed by atoms with E-state index in [-0.39, 0.29) is 5.91 Å². The van der Waals surface area contributed by atoms with Crippen LogP contribution in [0.2, 0.25) is 4.34 Å². The highest BCUT2D eigenvalue weighted by Gasteiger charge is 2.07. The molecule has 2 rings (SSSR count). The minimum Gasteiger partial charge on any atom is -0.347 e. The number of carbonyl (C=O) groups is 1. The Kier molecular flexibility index (Phi) is 4.02. The van der Waals surface area contributed by atoms with Crippen LogP contribution in [-0.2, 0) is 6.54 Å². The summed E-state index contributed by atoms with van der Waals surface area (Å²) >= 11 is 12.1. The molecular formula is C10H7BrClNOS2. The lowest BCUT2D eigenvalue weighted by atomic mass is 10.3. The van der Waals surface area contributed by atoms with Gasteiger partial charge in [-0.25, -0.2) is 0 Å². The predicted octanol–water partition coefficient (Wildman–Crippen LogP) is 4.16. The van der Waals surface area contributed by atoms with Crippen LogP contribution in [0.25, 0.3) is 0 Å². The molecule has 0 bridgehead atoms. The van der Waals surface area contributed by atoms with Crippen molar-refractivity contribution in [2.24, 2.45) is 0 Å². The minimum atomic E-state index is -0.0635. The van der Waals surface area contributed by atoms with E-state index in [1.165, 1.54) is 22.7 Å². The van der Waals surface area contributed by atoms with Crippen molar-refractivity contribution in [3.63, 3.8) is 0 Å². The van der Waals surface area contributed by atoms with Crippen LogP contribution < -0.4 is 5.32 Å². The number of halogens is 2. The average Bonchev–Trinajstić information content (AvgIpc) is 2.84. The number of thiophene rings is 2. The van der Waals surface area contributed by atoms with E-state index in [1.807, 2.05) is 17.5 Å². The molecular weight excluding hydrogens is 330 g/mol. The van der Waals surface area contributed by atoms with Crippen LogP contribution in [0.15, 0.2) is 27.4 Å². The second-order valence-corrected chi connectivity index (χ2v) is 7.12. The minimum absolute atomic E-state index is 0.0635. The van der Waals surface area contributed by atoms with E-state index in [2.05, 4.69) is 21.2 Å². The summed E-state index contributed by atoms with van der Waals surface area (Å²) in [5.74, 6) is -0.0635. The molecule has 0 saturated carbocycles. The fraction of sp³-hybridized carbons (Fsp3) is 0.100. The third-order valence-corrected chi connectivity index (χ3v) is 4.62. The van der Waals surface area contributed by atoms with Gasteiger partial charge in [0, 0.05) is 10.3 Å². The average molecular weight is 337 g/mol. The number of rotatable bonds is 3. The zero-order valence-electron chi connectivity index (χ0n) is 8.00. The maximum absolute atomic E-state index is 11.7. The summed E-state index contributed by atoms with van der Waals surface area (Å²) in [6.07, 6.45) is 0. The van der Waals surface area contributed by atoms with Crippen molar-refractivity contribution < 1.29 is 4.79 Å². The van der Waals surface area contributed by atoms with E-state index in [1.54, 1.807) is 6.07 Å². The van der Waals surface area contributed by atoms with E-state index in [4.69, 9.17) is 11.6 Å². The van der Waals surface area contributed by atoms with Gasteiger partial charge in [-0.2, -0.15) is 0 Å². The molecule has 0 aliphatic carbocycles. The fourth-order valence-corrected chi connectivity index (χ4v) is 3.31. The molecule has 1 amide bonds. The van der Waals surface area contributed by atoms with Gasteiger partial charge >= 0.3 is 0 Å². The van der Waals surface area contributed by atoms with Gasteiger partial charge in [-0.1, -0.05) is 11.6 Å². The quantitative estimate of drug-likeness (QED) is 0.896. The van der Waals surface area contributed by atoms with Gasteiger partial charge in [0.15, 0.2) is 0 Å². The molecule has 0 saturated heterocycles. The molecule has 0 fully saturated rings. The normalized spacial score (nSPS) is 10.4. The lowest BCUT2D eigenvalue weighted by molar-refractivity contribution is 0.0952. The van der Waals surface area contributed by atoms with Gasteiger partial charge in [-0.3, -0.25) is 4.79 Å². The largest absolute Gasteiger partial charge is 0.347 e. The highest BCUT2D eigenvalue weighted by Crippen LogP contribution is 2.22. The third-order valence-electron chi connectivity index (χ3n) is 1.88. The zero-order valence-corrected chi connectivity index (χ0v) is 12.0. The smallest absolute Gasteiger partial charge is 0.252 e. The van der Waals surface area contributed by atoms with Crippen molar-refractivity contribution in [2.45, 2.75) is 6.54 Å². The summed E-state index contributed by atoms with van der Waals surface area (Å²) < 4.78 is 1.69. The number of hydrogen-bond donors (Lipinski definition) is 1. The summed E-state index contributed by atoms with van der Waals surface area (Å²) in [5.41, 5.74) is 0.680. The first-order chi connectivity index (χ1) is 7.65. The maximum atomic E-state index is 11.7. The molecule has 2 nitrogen and oxygen atoms in total. The van der Waals surface area contributed by atoms with E-state index in [0.29, 0.717) is 12.1 Å². The van der Waals surface area contributed by atoms with Crippen LogP contribution in [0.1, 0.15) is 15.2 Å². The molecule has 0 aromatic carbocycles. The van der Waals surface area contributed by atoms with E-state index in [0.717, 1.165) is 13.0 Å². The monoisotopic (exact) mass is 335 g/mol. The zero-order chi connectivity index (χ0) is 11.5. The van der Waals surface area contributed by atoms with Crippen molar-refractivity contribution in [3.05, 3.63) is 42.1 Å². The van der Waals surface area contributed by atoms with Gasteiger partial charge in [0.2, 0.25) is 0 Å². The molecule has 0 unspecified atom stereocenters. The van der Waals surface area contributed by atoms with Crippen molar-refractivity contribution in [3.8, 4) is 0 Å². The topological polar surface area (TPSA) is 29.1 Å². The SMILES string of the molecule is O=C(NCc1ccc(Cl)s1)c1csc(Br)c1. The Morgan fingerprint density at radius 3 is 2.88 bits per heavy atom. The molecule has 0 spiro atoms. The van der Waals surface area contributed by atoms with Gasteiger partial charge in [-0.05, 0) is 34.1 Å². The number of carbonyl (C=O) groups excluding carboxylic acids is 1. The molecule has 2 aromatic heterocycles. The predicted molar refractivity (Wildman–Crippen MR) is 72.5 cm³/mol. The first-order valence-corrected chi connectivity index (χ1v) is 7.28. The van der Waals surface area contributed by atoms with Gasteiger partial charge in [-0.15, -0.1) is 22.7 Å². The van der Waals surface area contributed by atoms with Crippen molar-refractivity contribution in [1.29, 1.82) is 0 Å². The Morgan fingerprint density at radius 1 is 1.50 bits per heavy atom. The van der Waals surface area contributed by atoms with Crippen LogP contribution in [0, 0.1) is 0 Å². The van der Waals surface area contributed by atoms with Gasteiger partial charge in [0.05, 0.1) is 20.2 Å². The van der Waals surface area contributed by atoms with Crippen LogP contribution >= 0.6 is 50.2 Å². The highest BCUT2D eigenvalue weighted by molar-refractivity contribution is 9.11. The second-order valence-electron chi connectivity index (χ2n) is 3.03. The van der Waals surface area contributed by atoms with Crippen molar-refractivity contribution >= 4 is 56.1 Å². The van der Waals surface area contributed by atoms with Crippen LogP contribution in [0.4, 0.5) is 0 Å². The summed E-state index contributed by atoms with van der Waals surface area (Å²) in [5, 5.41) is 4.66. The molecule has 2 aromatic rings. The van der Waals surface area contributed by atoms with E-state index >= 15 is 0 Å². The molecule has 84 valence electrons. The van der Waals surface area contributed by atoms with Gasteiger partial charge in [0.1, 0.15) is 0 Å². The van der Waals surface area contributed by atoms with E-state index < -0.39 is 0 Å². The molecule has 0 atom stereocenters. The van der Waals surface area contributed by atoms with Gasteiger partial charge < -0.3 is 5.32 Å². The standard InChI is InChI=1S/C10H7BrClNOS2/c11-8-3-6(5-15-8)10(14)13-4-7-1-2-9(12)16-7/h1-3,5H,4H2,(H,13,14). The lowest BCUT2D eigenvalue weighted by Crippen LogP contribution is -2.21. The fourth-order valence-electron chi connectivity index (χ4n) is 1.15. The third kappa shape index (κ3) is 3.07. The summed E-state index contributed by atoms with van der Waals surface area (Å²) in [4.78, 5) is 12.7. The van der Waals surface area contributed by atoms with Crippen LogP contribution in [0.5, 0.6) is 0 Å². The number of hydrogen-bond acceptors (Lipinski definition) is 3. The molecule has 0 radical (unpaired) electrons. The Labute approximate surface area is 114 Å². The van der Waals surface area contributed by atoms with Crippen LogP contribution in [-0.4, -0.2) is 5.91 Å². The van der Waals surface area contributed by atoms with Crippen molar-refractivity contribution in [1.82, 2.24) is 5.32 Å². The maximum Gasteiger partial charge on any atom is 0.252 e. The Morgan fingerprint density at radius 2 is 2.31 bits per heavy atom. The van der Waals surface area contributed by atoms with Crippen LogP contribution in [0.3, 0.4) is 0 Å². The highest BCUT2D eigenvalue weighted by atomic mass is 79.9. The summed E-state index contributed by atoms with van der Waals surface area (Å²) in [6, 6.07) is 5.55. The summed E-state index contributed by atoms with van der Waals surface area (Å²) in [7, 11) is 0. The summed E-state index contributed by atoms with van der Waals surface area (Å²) in [6.45, 7) is 0.518. The van der Waals surface area contributed by atoms with E-state index in [9.17, 15) is 4.79 Å². The first kappa shape index (κ1) is 12.1. The molecule has 0 aliphatic rings. The Hall–Kier alpha value is -0.360. The second kappa shape index (κ2) is 5.31. The Balaban J connectivity index is 1.93. The first-order valence-electron chi connectivity index (χ1n) is 4.41. The molecule has 0 aliphatic heterocycles. The molecule has 1 N–H and O–H groups in total. The number of amides is 1. The molecule has 16 heavy (non-hydrogen) atoms. The number of nitrogens with one attached hydrogen (secondary N) is 1. The molecule has 2 heterocycles. The molecule has 6 heteroatoms. The lowest BCUT2D eigenvalue weighted by Gasteiger charge is -2.00.